The molecule has 1 atom stereocenters. The summed E-state index contributed by atoms with van der Waals surface area (Å²) in [7, 11) is 0. The van der Waals surface area contributed by atoms with Crippen LogP contribution in [0.5, 0.6) is 5.75 Å². The molecule has 0 fully saturated rings. The molecule has 0 aliphatic rings. The maximum absolute atomic E-state index is 13.1. The van der Waals surface area contributed by atoms with Crippen LogP contribution in [-0.4, -0.2) is 34.6 Å². The Hall–Kier alpha value is -3.20. The number of aromatic nitrogens is 2. The van der Waals surface area contributed by atoms with Crippen molar-refractivity contribution in [2.45, 2.75) is 33.7 Å². The maximum Gasteiger partial charge on any atom is 0.348 e. The molecule has 1 amide bonds. The number of thiophene rings is 1. The fraction of sp³-hybridized carbons (Fsp3) is 0.333. The van der Waals surface area contributed by atoms with Gasteiger partial charge in [0.15, 0.2) is 0 Å². The van der Waals surface area contributed by atoms with Crippen LogP contribution in [0.3, 0.4) is 0 Å². The van der Waals surface area contributed by atoms with Gasteiger partial charge in [0, 0.05) is 0 Å². The van der Waals surface area contributed by atoms with Crippen LogP contribution in [0.15, 0.2) is 35.4 Å². The third kappa shape index (κ3) is 4.06. The molecule has 0 spiro atoms. The first-order chi connectivity index (χ1) is 14.4. The molecule has 158 valence electrons. The Bertz CT molecular complexity index is 1150. The zero-order chi connectivity index (χ0) is 21.8. The summed E-state index contributed by atoms with van der Waals surface area (Å²) in [4.78, 5) is 43.1. The van der Waals surface area contributed by atoms with Gasteiger partial charge in [0.1, 0.15) is 21.5 Å². The number of benzene rings is 1. The summed E-state index contributed by atoms with van der Waals surface area (Å²) in [5.41, 5.74) is 0.647. The van der Waals surface area contributed by atoms with Crippen LogP contribution in [0.25, 0.3) is 10.2 Å². The number of hydrogen-bond acceptors (Lipinski definition) is 7. The van der Waals surface area contributed by atoms with Crippen LogP contribution in [-0.2, 0) is 9.53 Å². The molecule has 3 rings (SSSR count). The van der Waals surface area contributed by atoms with Gasteiger partial charge in [0.2, 0.25) is 5.91 Å². The minimum absolute atomic E-state index is 0.241. The first-order valence-electron chi connectivity index (χ1n) is 9.59. The third-order valence-corrected chi connectivity index (χ3v) is 5.76. The van der Waals surface area contributed by atoms with Crippen LogP contribution in [0.1, 0.15) is 42.0 Å². The summed E-state index contributed by atoms with van der Waals surface area (Å²) in [5, 5.41) is 3.12. The van der Waals surface area contributed by atoms with E-state index in [0.717, 1.165) is 11.3 Å². The van der Waals surface area contributed by atoms with Crippen LogP contribution >= 0.6 is 11.3 Å². The standard InChI is InChI=1S/C21H23N3O5S/c1-5-28-15-10-8-7-9-14(15)23-18(25)13(4)24-11-22-19-16(20(24)26)12(3)17(30-19)21(27)29-6-2/h7-11,13H,5-6H2,1-4H3,(H,23,25). The minimum atomic E-state index is -0.825. The van der Waals surface area contributed by atoms with Gasteiger partial charge in [-0.1, -0.05) is 12.1 Å². The highest BCUT2D eigenvalue weighted by Gasteiger charge is 2.24. The monoisotopic (exact) mass is 429 g/mol. The molecule has 0 saturated carbocycles. The molecule has 1 N–H and O–H groups in total. The summed E-state index contributed by atoms with van der Waals surface area (Å²) < 4.78 is 11.8. The molecule has 8 nitrogen and oxygen atoms in total. The third-order valence-electron chi connectivity index (χ3n) is 4.58. The Morgan fingerprint density at radius 2 is 1.97 bits per heavy atom. The molecule has 0 saturated heterocycles. The lowest BCUT2D eigenvalue weighted by molar-refractivity contribution is -0.118. The van der Waals surface area contributed by atoms with Crippen molar-refractivity contribution < 1.29 is 19.1 Å². The molecule has 2 aromatic heterocycles. The van der Waals surface area contributed by atoms with Gasteiger partial charge in [0.05, 0.1) is 30.6 Å². The molecule has 0 radical (unpaired) electrons. The van der Waals surface area contributed by atoms with Crippen molar-refractivity contribution in [3.8, 4) is 5.75 Å². The van der Waals surface area contributed by atoms with Crippen molar-refractivity contribution in [2.75, 3.05) is 18.5 Å². The molecular weight excluding hydrogens is 406 g/mol. The van der Waals surface area contributed by atoms with Gasteiger partial charge in [0.25, 0.3) is 5.56 Å². The highest BCUT2D eigenvalue weighted by Crippen LogP contribution is 2.28. The molecule has 9 heteroatoms. The number of rotatable bonds is 7. The Kier molecular flexibility index (Phi) is 6.51. The van der Waals surface area contributed by atoms with Crippen molar-refractivity contribution in [2.24, 2.45) is 0 Å². The number of hydrogen-bond donors (Lipinski definition) is 1. The fourth-order valence-corrected chi connectivity index (χ4v) is 4.05. The summed E-state index contributed by atoms with van der Waals surface area (Å²) >= 11 is 1.11. The van der Waals surface area contributed by atoms with E-state index in [1.807, 2.05) is 13.0 Å². The highest BCUT2D eigenvalue weighted by molar-refractivity contribution is 7.20. The number of fused-ring (bicyclic) bond motifs is 1. The van der Waals surface area contributed by atoms with Crippen molar-refractivity contribution >= 4 is 39.1 Å². The molecule has 0 aliphatic carbocycles. The molecule has 0 bridgehead atoms. The molecule has 2 heterocycles. The Morgan fingerprint density at radius 1 is 1.23 bits per heavy atom. The zero-order valence-electron chi connectivity index (χ0n) is 17.2. The predicted octanol–water partition coefficient (Wildman–Crippen LogP) is 3.54. The second kappa shape index (κ2) is 9.08. The summed E-state index contributed by atoms with van der Waals surface area (Å²) in [6.45, 7) is 7.57. The van der Waals surface area contributed by atoms with Gasteiger partial charge in [-0.15, -0.1) is 11.3 Å². The van der Waals surface area contributed by atoms with E-state index in [2.05, 4.69) is 10.3 Å². The van der Waals surface area contributed by atoms with Gasteiger partial charge in [-0.3, -0.25) is 14.2 Å². The second-order valence-corrected chi connectivity index (χ2v) is 7.51. The number of para-hydroxylation sites is 2. The minimum Gasteiger partial charge on any atom is -0.492 e. The van der Waals surface area contributed by atoms with E-state index in [4.69, 9.17) is 9.47 Å². The first kappa shape index (κ1) is 21.5. The number of carbonyl (C=O) groups is 2. The smallest absolute Gasteiger partial charge is 0.348 e. The SMILES string of the molecule is CCOC(=O)c1sc2ncn(C(C)C(=O)Nc3ccccc3OCC)c(=O)c2c1C. The summed E-state index contributed by atoms with van der Waals surface area (Å²) in [6.07, 6.45) is 1.33. The predicted molar refractivity (Wildman–Crippen MR) is 116 cm³/mol. The van der Waals surface area contributed by atoms with E-state index < -0.39 is 12.0 Å². The summed E-state index contributed by atoms with van der Waals surface area (Å²) in [5.74, 6) is -0.319. The van der Waals surface area contributed by atoms with Gasteiger partial charge in [-0.25, -0.2) is 9.78 Å². The molecule has 1 unspecified atom stereocenters. The van der Waals surface area contributed by atoms with E-state index in [0.29, 0.717) is 38.7 Å². The maximum atomic E-state index is 13.1. The molecule has 3 aromatic rings. The first-order valence-corrected chi connectivity index (χ1v) is 10.4. The fourth-order valence-electron chi connectivity index (χ4n) is 3.02. The molecule has 1 aromatic carbocycles. The van der Waals surface area contributed by atoms with Crippen molar-refractivity contribution in [1.29, 1.82) is 0 Å². The average Bonchev–Trinajstić information content (AvgIpc) is 3.07. The van der Waals surface area contributed by atoms with E-state index in [9.17, 15) is 14.4 Å². The highest BCUT2D eigenvalue weighted by atomic mass is 32.1. The van der Waals surface area contributed by atoms with Crippen LogP contribution in [0.2, 0.25) is 0 Å². The number of carbonyl (C=O) groups excluding carboxylic acids is 2. The largest absolute Gasteiger partial charge is 0.492 e. The number of amides is 1. The molecule has 30 heavy (non-hydrogen) atoms. The average molecular weight is 429 g/mol. The number of ether oxygens (including phenoxy) is 2. The summed E-state index contributed by atoms with van der Waals surface area (Å²) in [6, 6.07) is 6.26. The van der Waals surface area contributed by atoms with E-state index in [1.165, 1.54) is 10.9 Å². The van der Waals surface area contributed by atoms with Gasteiger partial charge < -0.3 is 14.8 Å². The lowest BCUT2D eigenvalue weighted by Crippen LogP contribution is -2.32. The van der Waals surface area contributed by atoms with Crippen molar-refractivity contribution in [1.82, 2.24) is 9.55 Å². The quantitative estimate of drug-likeness (QED) is 0.577. The number of nitrogens with zero attached hydrogens (tertiary/aromatic N) is 2. The van der Waals surface area contributed by atoms with Gasteiger partial charge in [-0.05, 0) is 45.4 Å². The Balaban J connectivity index is 1.93. The van der Waals surface area contributed by atoms with Gasteiger partial charge >= 0.3 is 5.97 Å². The second-order valence-electron chi connectivity index (χ2n) is 6.51. The number of esters is 1. The van der Waals surface area contributed by atoms with E-state index in [-0.39, 0.29) is 18.1 Å². The lowest BCUT2D eigenvalue weighted by atomic mass is 10.2. The number of nitrogens with one attached hydrogen (secondary N) is 1. The van der Waals surface area contributed by atoms with Crippen LogP contribution < -0.4 is 15.6 Å². The normalized spacial score (nSPS) is 11.9. The van der Waals surface area contributed by atoms with Crippen LogP contribution in [0, 0.1) is 6.92 Å². The lowest BCUT2D eigenvalue weighted by Gasteiger charge is -2.16. The Morgan fingerprint density at radius 3 is 2.67 bits per heavy atom. The van der Waals surface area contributed by atoms with Gasteiger partial charge in [-0.2, -0.15) is 0 Å². The van der Waals surface area contributed by atoms with E-state index >= 15 is 0 Å². The zero-order valence-corrected chi connectivity index (χ0v) is 18.0. The van der Waals surface area contributed by atoms with Crippen molar-refractivity contribution in [3.05, 3.63) is 51.4 Å². The molecule has 0 aliphatic heterocycles. The van der Waals surface area contributed by atoms with Crippen LogP contribution in [0.4, 0.5) is 5.69 Å². The molecular formula is C21H23N3O5S. The van der Waals surface area contributed by atoms with Crippen molar-refractivity contribution in [3.63, 3.8) is 0 Å². The number of anilines is 1. The topological polar surface area (TPSA) is 99.5 Å². The Labute approximate surface area is 177 Å². The number of aryl methyl sites for hydroxylation is 1. The van der Waals surface area contributed by atoms with E-state index in [1.54, 1.807) is 39.0 Å².